The van der Waals surface area contributed by atoms with Crippen LogP contribution in [0.2, 0.25) is 0 Å². The SMILES string of the molecule is O=C(O)C(=O)NC1C(O)CCCN1c1ccc(C(=O)O)cc1. The van der Waals surface area contributed by atoms with Gasteiger partial charge in [-0.2, -0.15) is 0 Å². The van der Waals surface area contributed by atoms with Gasteiger partial charge in [0.25, 0.3) is 0 Å². The summed E-state index contributed by atoms with van der Waals surface area (Å²) in [5.41, 5.74) is 0.715. The van der Waals surface area contributed by atoms with Crippen LogP contribution in [0.15, 0.2) is 24.3 Å². The van der Waals surface area contributed by atoms with E-state index in [4.69, 9.17) is 10.2 Å². The molecule has 0 spiro atoms. The Labute approximate surface area is 126 Å². The average Bonchev–Trinajstić information content (AvgIpc) is 2.49. The van der Waals surface area contributed by atoms with Crippen molar-refractivity contribution < 1.29 is 29.7 Å². The van der Waals surface area contributed by atoms with Crippen molar-refractivity contribution in [3.63, 3.8) is 0 Å². The van der Waals surface area contributed by atoms with Crippen molar-refractivity contribution in [3.05, 3.63) is 29.8 Å². The number of nitrogens with one attached hydrogen (secondary N) is 1. The van der Waals surface area contributed by atoms with E-state index in [1.54, 1.807) is 17.0 Å². The Kier molecular flexibility index (Phi) is 4.62. The highest BCUT2D eigenvalue weighted by Crippen LogP contribution is 2.24. The van der Waals surface area contributed by atoms with Crippen LogP contribution in [0.3, 0.4) is 0 Å². The van der Waals surface area contributed by atoms with E-state index in [0.717, 1.165) is 0 Å². The van der Waals surface area contributed by atoms with Gasteiger partial charge in [0.2, 0.25) is 0 Å². The number of hydrogen-bond acceptors (Lipinski definition) is 5. The van der Waals surface area contributed by atoms with E-state index < -0.39 is 30.1 Å². The molecule has 2 rings (SSSR count). The number of carboxylic acids is 2. The normalized spacial score (nSPS) is 21.2. The maximum absolute atomic E-state index is 11.4. The molecule has 118 valence electrons. The van der Waals surface area contributed by atoms with E-state index >= 15 is 0 Å². The Hall–Kier alpha value is -2.61. The van der Waals surface area contributed by atoms with Crippen molar-refractivity contribution in [2.75, 3.05) is 11.4 Å². The number of carbonyl (C=O) groups excluding carboxylic acids is 1. The number of aromatic carboxylic acids is 1. The van der Waals surface area contributed by atoms with Crippen LogP contribution in [-0.2, 0) is 9.59 Å². The Morgan fingerprint density at radius 3 is 2.32 bits per heavy atom. The summed E-state index contributed by atoms with van der Waals surface area (Å²) >= 11 is 0. The molecule has 1 heterocycles. The van der Waals surface area contributed by atoms with Crippen LogP contribution in [-0.4, -0.2) is 52.0 Å². The minimum Gasteiger partial charge on any atom is -0.478 e. The maximum Gasteiger partial charge on any atom is 0.394 e. The van der Waals surface area contributed by atoms with Crippen LogP contribution in [0.5, 0.6) is 0 Å². The number of anilines is 1. The molecule has 2 atom stereocenters. The third kappa shape index (κ3) is 3.34. The fraction of sp³-hybridized carbons (Fsp3) is 0.357. The molecule has 1 fully saturated rings. The average molecular weight is 308 g/mol. The fourth-order valence-corrected chi connectivity index (χ4v) is 2.43. The smallest absolute Gasteiger partial charge is 0.394 e. The van der Waals surface area contributed by atoms with Gasteiger partial charge in [-0.1, -0.05) is 0 Å². The van der Waals surface area contributed by atoms with Gasteiger partial charge >= 0.3 is 17.8 Å². The molecular weight excluding hydrogens is 292 g/mol. The molecule has 1 saturated heterocycles. The van der Waals surface area contributed by atoms with Crippen LogP contribution in [0, 0.1) is 0 Å². The van der Waals surface area contributed by atoms with Crippen molar-refractivity contribution in [1.82, 2.24) is 5.32 Å². The van der Waals surface area contributed by atoms with Crippen molar-refractivity contribution in [3.8, 4) is 0 Å². The first-order valence-corrected chi connectivity index (χ1v) is 6.72. The molecule has 0 saturated carbocycles. The standard InChI is InChI=1S/C14H16N2O6/c17-10-2-1-7-16(11(10)15-12(18)14(21)22)9-5-3-8(4-6-9)13(19)20/h3-6,10-11,17H,1-2,7H2,(H,15,18)(H,19,20)(H,21,22). The molecule has 2 unspecified atom stereocenters. The summed E-state index contributed by atoms with van der Waals surface area (Å²) in [5, 5.41) is 29.9. The summed E-state index contributed by atoms with van der Waals surface area (Å²) in [7, 11) is 0. The second-order valence-electron chi connectivity index (χ2n) is 4.98. The first-order valence-electron chi connectivity index (χ1n) is 6.72. The minimum atomic E-state index is -1.63. The maximum atomic E-state index is 11.4. The number of aliphatic carboxylic acids is 1. The fourth-order valence-electron chi connectivity index (χ4n) is 2.43. The van der Waals surface area contributed by atoms with Gasteiger partial charge in [0.1, 0.15) is 6.17 Å². The number of hydrogen-bond donors (Lipinski definition) is 4. The summed E-state index contributed by atoms with van der Waals surface area (Å²) in [4.78, 5) is 34.5. The predicted octanol–water partition coefficient (Wildman–Crippen LogP) is -0.127. The molecule has 0 bridgehead atoms. The first kappa shape index (κ1) is 15.8. The molecule has 0 radical (unpaired) electrons. The molecule has 22 heavy (non-hydrogen) atoms. The lowest BCUT2D eigenvalue weighted by Gasteiger charge is -2.40. The Balaban J connectivity index is 2.23. The molecule has 4 N–H and O–H groups in total. The molecule has 1 amide bonds. The molecule has 8 heteroatoms. The number of benzene rings is 1. The van der Waals surface area contributed by atoms with Gasteiger partial charge in [0.15, 0.2) is 0 Å². The molecule has 0 aliphatic carbocycles. The summed E-state index contributed by atoms with van der Waals surface area (Å²) < 4.78 is 0. The van der Waals surface area contributed by atoms with Gasteiger partial charge in [-0.25, -0.2) is 9.59 Å². The minimum absolute atomic E-state index is 0.118. The summed E-state index contributed by atoms with van der Waals surface area (Å²) in [5.74, 6) is -3.88. The monoisotopic (exact) mass is 308 g/mol. The van der Waals surface area contributed by atoms with Crippen molar-refractivity contribution in [1.29, 1.82) is 0 Å². The highest BCUT2D eigenvalue weighted by Gasteiger charge is 2.33. The number of aliphatic hydroxyl groups excluding tert-OH is 1. The van der Waals surface area contributed by atoms with Gasteiger partial charge in [0, 0.05) is 12.2 Å². The largest absolute Gasteiger partial charge is 0.478 e. The third-order valence-electron chi connectivity index (χ3n) is 3.52. The van der Waals surface area contributed by atoms with E-state index in [1.807, 2.05) is 0 Å². The van der Waals surface area contributed by atoms with Gasteiger partial charge in [0.05, 0.1) is 11.7 Å². The highest BCUT2D eigenvalue weighted by molar-refractivity contribution is 6.31. The zero-order valence-electron chi connectivity index (χ0n) is 11.6. The Morgan fingerprint density at radius 2 is 1.77 bits per heavy atom. The summed E-state index contributed by atoms with van der Waals surface area (Å²) in [6, 6.07) is 5.94. The Bertz CT molecular complexity index is 586. The number of nitrogens with zero attached hydrogens (tertiary/aromatic N) is 1. The van der Waals surface area contributed by atoms with E-state index in [-0.39, 0.29) is 5.56 Å². The van der Waals surface area contributed by atoms with Gasteiger partial charge in [-0.3, -0.25) is 4.79 Å². The zero-order chi connectivity index (χ0) is 16.3. The number of carboxylic acid groups (broad SMARTS) is 2. The third-order valence-corrected chi connectivity index (χ3v) is 3.52. The number of carbonyl (C=O) groups is 3. The highest BCUT2D eigenvalue weighted by atomic mass is 16.4. The predicted molar refractivity (Wildman–Crippen MR) is 75.6 cm³/mol. The number of aliphatic hydroxyl groups is 1. The van der Waals surface area contributed by atoms with E-state index in [2.05, 4.69) is 5.32 Å². The number of piperidine rings is 1. The molecule has 1 aromatic rings. The molecular formula is C14H16N2O6. The van der Waals surface area contributed by atoms with E-state index in [1.165, 1.54) is 12.1 Å². The molecule has 8 nitrogen and oxygen atoms in total. The lowest BCUT2D eigenvalue weighted by molar-refractivity contribution is -0.151. The van der Waals surface area contributed by atoms with Gasteiger partial charge in [-0.15, -0.1) is 0 Å². The zero-order valence-corrected chi connectivity index (χ0v) is 11.6. The second-order valence-corrected chi connectivity index (χ2v) is 4.98. The van der Waals surface area contributed by atoms with Gasteiger partial charge in [-0.05, 0) is 37.1 Å². The van der Waals surface area contributed by atoms with Crippen LogP contribution < -0.4 is 10.2 Å². The molecule has 1 aliphatic rings. The summed E-state index contributed by atoms with van der Waals surface area (Å²) in [6.45, 7) is 0.508. The second kappa shape index (κ2) is 6.44. The van der Waals surface area contributed by atoms with Crippen LogP contribution >= 0.6 is 0 Å². The molecule has 1 aromatic carbocycles. The van der Waals surface area contributed by atoms with Crippen molar-refractivity contribution in [2.24, 2.45) is 0 Å². The lowest BCUT2D eigenvalue weighted by atomic mass is 10.0. The van der Waals surface area contributed by atoms with Gasteiger partial charge < -0.3 is 25.5 Å². The van der Waals surface area contributed by atoms with E-state index in [0.29, 0.717) is 25.1 Å². The van der Waals surface area contributed by atoms with Crippen LogP contribution in [0.25, 0.3) is 0 Å². The first-order chi connectivity index (χ1) is 10.4. The van der Waals surface area contributed by atoms with Crippen LogP contribution in [0.4, 0.5) is 5.69 Å². The van der Waals surface area contributed by atoms with Crippen LogP contribution in [0.1, 0.15) is 23.2 Å². The van der Waals surface area contributed by atoms with Crippen molar-refractivity contribution >= 4 is 23.5 Å². The number of amides is 1. The van der Waals surface area contributed by atoms with Crippen molar-refractivity contribution in [2.45, 2.75) is 25.1 Å². The molecule has 1 aliphatic heterocycles. The lowest BCUT2D eigenvalue weighted by Crippen LogP contribution is -2.59. The Morgan fingerprint density at radius 1 is 1.14 bits per heavy atom. The summed E-state index contributed by atoms with van der Waals surface area (Å²) in [6.07, 6.45) is -0.667. The number of rotatable bonds is 3. The quantitative estimate of drug-likeness (QED) is 0.573. The topological polar surface area (TPSA) is 127 Å². The van der Waals surface area contributed by atoms with E-state index in [9.17, 15) is 19.5 Å². The molecule has 0 aromatic heterocycles.